The number of halogens is 1. The Balaban J connectivity index is 1.10. The van der Waals surface area contributed by atoms with Crippen LogP contribution in [0.1, 0.15) is 39.6 Å². The van der Waals surface area contributed by atoms with Crippen molar-refractivity contribution in [1.82, 2.24) is 24.0 Å². The molecule has 9 nitrogen and oxygen atoms in total. The third-order valence-corrected chi connectivity index (χ3v) is 8.92. The molecule has 3 aromatic carbocycles. The third-order valence-electron chi connectivity index (χ3n) is 8.59. The van der Waals surface area contributed by atoms with Gasteiger partial charge in [-0.2, -0.15) is 0 Å². The first kappa shape index (κ1) is 25.5. The minimum Gasteiger partial charge on any atom is -0.478 e. The number of imidazole rings is 2. The van der Waals surface area contributed by atoms with Crippen LogP contribution in [0.4, 0.5) is 0 Å². The average Bonchev–Trinajstić information content (AvgIpc) is 3.68. The van der Waals surface area contributed by atoms with Gasteiger partial charge in [-0.3, -0.25) is 4.90 Å². The third kappa shape index (κ3) is 4.27. The molecular weight excluding hydrogens is 554 g/mol. The van der Waals surface area contributed by atoms with Crippen molar-refractivity contribution < 1.29 is 19.1 Å². The first-order chi connectivity index (χ1) is 20.5. The molecule has 0 saturated carbocycles. The van der Waals surface area contributed by atoms with Gasteiger partial charge in [0.05, 0.1) is 64.7 Å². The molecule has 3 aromatic heterocycles. The van der Waals surface area contributed by atoms with E-state index in [9.17, 15) is 9.90 Å². The van der Waals surface area contributed by atoms with Crippen LogP contribution in [-0.4, -0.2) is 54.3 Å². The quantitative estimate of drug-likeness (QED) is 0.251. The lowest BCUT2D eigenvalue weighted by Gasteiger charge is -2.30. The lowest BCUT2D eigenvalue weighted by molar-refractivity contribution is -0.0592. The predicted molar refractivity (Wildman–Crippen MR) is 159 cm³/mol. The second-order valence-electron chi connectivity index (χ2n) is 11.2. The van der Waals surface area contributed by atoms with Crippen molar-refractivity contribution in [1.29, 1.82) is 0 Å². The van der Waals surface area contributed by atoms with E-state index in [0.717, 1.165) is 81.9 Å². The van der Waals surface area contributed by atoms with Gasteiger partial charge in [-0.1, -0.05) is 29.8 Å². The van der Waals surface area contributed by atoms with Crippen molar-refractivity contribution in [2.24, 2.45) is 0 Å². The Labute approximate surface area is 245 Å². The van der Waals surface area contributed by atoms with Crippen LogP contribution in [0.3, 0.4) is 0 Å². The van der Waals surface area contributed by atoms with E-state index in [-0.39, 0.29) is 11.7 Å². The van der Waals surface area contributed by atoms with Gasteiger partial charge in [-0.25, -0.2) is 14.8 Å². The normalized spacial score (nSPS) is 17.2. The maximum absolute atomic E-state index is 11.7. The molecule has 1 fully saturated rings. The number of hydrogen-bond acceptors (Lipinski definition) is 6. The highest BCUT2D eigenvalue weighted by Crippen LogP contribution is 2.32. The number of aromatic nitrogens is 4. The van der Waals surface area contributed by atoms with Gasteiger partial charge < -0.3 is 23.4 Å². The number of nitrogens with zero attached hydrogens (tertiary/aromatic N) is 5. The molecule has 212 valence electrons. The molecule has 5 heterocycles. The van der Waals surface area contributed by atoms with E-state index >= 15 is 0 Å². The van der Waals surface area contributed by atoms with Crippen LogP contribution in [0.5, 0.6) is 0 Å². The summed E-state index contributed by atoms with van der Waals surface area (Å²) in [6.45, 7) is 4.45. The fourth-order valence-corrected chi connectivity index (χ4v) is 6.53. The second-order valence-corrected chi connectivity index (χ2v) is 11.6. The Kier molecular flexibility index (Phi) is 6.06. The Morgan fingerprint density at radius 2 is 1.95 bits per heavy atom. The van der Waals surface area contributed by atoms with E-state index < -0.39 is 5.97 Å². The fourth-order valence-electron chi connectivity index (χ4n) is 6.31. The Morgan fingerprint density at radius 3 is 2.79 bits per heavy atom. The van der Waals surface area contributed by atoms with Crippen LogP contribution >= 0.6 is 11.6 Å². The summed E-state index contributed by atoms with van der Waals surface area (Å²) in [7, 11) is 0. The number of rotatable bonds is 7. The number of para-hydroxylation sites is 1. The molecule has 0 unspecified atom stereocenters. The molecule has 6 aromatic rings. The van der Waals surface area contributed by atoms with Gasteiger partial charge in [0, 0.05) is 31.5 Å². The smallest absolute Gasteiger partial charge is 0.335 e. The van der Waals surface area contributed by atoms with Crippen molar-refractivity contribution in [2.75, 3.05) is 13.2 Å². The van der Waals surface area contributed by atoms with E-state index in [1.807, 2.05) is 18.2 Å². The second kappa shape index (κ2) is 9.97. The number of furan rings is 1. The Bertz CT molecular complexity index is 2000. The zero-order valence-electron chi connectivity index (χ0n) is 22.8. The number of carboxylic acid groups (broad SMARTS) is 1. The van der Waals surface area contributed by atoms with Crippen LogP contribution in [0, 0.1) is 0 Å². The van der Waals surface area contributed by atoms with E-state index in [1.165, 1.54) is 0 Å². The van der Waals surface area contributed by atoms with Gasteiger partial charge in [0.15, 0.2) is 0 Å². The minimum absolute atomic E-state index is 0.127. The topological polar surface area (TPSA) is 98.5 Å². The van der Waals surface area contributed by atoms with Crippen molar-refractivity contribution in [3.05, 3.63) is 94.2 Å². The summed E-state index contributed by atoms with van der Waals surface area (Å²) in [4.78, 5) is 24.1. The SMILES string of the molecule is O=C(O)c1ccc2nc(CN3CCn4c(nc5c(Cc6ccc(Cl)c7ccoc67)cccc54)C3)n(C[C@@H]3CCO3)c2c1. The molecule has 0 bridgehead atoms. The van der Waals surface area contributed by atoms with Crippen LogP contribution in [-0.2, 0) is 37.3 Å². The van der Waals surface area contributed by atoms with E-state index in [0.29, 0.717) is 31.1 Å². The highest BCUT2D eigenvalue weighted by atomic mass is 35.5. The summed E-state index contributed by atoms with van der Waals surface area (Å²) in [6.07, 6.45) is 3.50. The molecule has 0 radical (unpaired) electrons. The Morgan fingerprint density at radius 1 is 1.05 bits per heavy atom. The lowest BCUT2D eigenvalue weighted by atomic mass is 10.0. The van der Waals surface area contributed by atoms with Crippen molar-refractivity contribution in [2.45, 2.75) is 45.1 Å². The van der Waals surface area contributed by atoms with Gasteiger partial charge in [0.25, 0.3) is 0 Å². The summed E-state index contributed by atoms with van der Waals surface area (Å²) in [5.41, 5.74) is 7.11. The predicted octanol–water partition coefficient (Wildman–Crippen LogP) is 5.88. The molecule has 8 rings (SSSR count). The van der Waals surface area contributed by atoms with Gasteiger partial charge in [-0.05, 0) is 53.9 Å². The maximum Gasteiger partial charge on any atom is 0.335 e. The maximum atomic E-state index is 11.7. The summed E-state index contributed by atoms with van der Waals surface area (Å²) in [6, 6.07) is 17.4. The molecule has 1 N–H and O–H groups in total. The number of ether oxygens (including phenoxy) is 1. The number of fused-ring (bicyclic) bond motifs is 5. The summed E-state index contributed by atoms with van der Waals surface area (Å²) in [5, 5.41) is 11.2. The van der Waals surface area contributed by atoms with E-state index in [1.54, 1.807) is 24.5 Å². The van der Waals surface area contributed by atoms with Crippen LogP contribution in [0.25, 0.3) is 33.0 Å². The van der Waals surface area contributed by atoms with Crippen molar-refractivity contribution in [3.8, 4) is 0 Å². The molecule has 0 amide bonds. The summed E-state index contributed by atoms with van der Waals surface area (Å²) >= 11 is 6.38. The molecule has 10 heteroatoms. The highest BCUT2D eigenvalue weighted by Gasteiger charge is 2.26. The van der Waals surface area contributed by atoms with E-state index in [2.05, 4.69) is 32.2 Å². The molecule has 0 aliphatic carbocycles. The first-order valence-electron chi connectivity index (χ1n) is 14.2. The standard InChI is InChI=1S/C32H28ClN5O4/c33-24-6-4-20(31-23(24)9-13-42-31)14-19-2-1-3-26-30(19)35-29-18-36(10-11-37(26)29)17-28-34-25-7-5-21(32(39)40)15-27(25)38(28)16-22-8-12-41-22/h1-7,9,13,15,22H,8,10-12,14,16-18H2,(H,39,40)/t22-/m0/s1. The molecule has 42 heavy (non-hydrogen) atoms. The molecular formula is C32H28ClN5O4. The number of carboxylic acids is 1. The lowest BCUT2D eigenvalue weighted by Crippen LogP contribution is -2.35. The van der Waals surface area contributed by atoms with Gasteiger partial charge in [0.2, 0.25) is 0 Å². The summed E-state index contributed by atoms with van der Waals surface area (Å²) < 4.78 is 16.0. The van der Waals surface area contributed by atoms with Crippen molar-refractivity contribution in [3.63, 3.8) is 0 Å². The fraction of sp³-hybridized carbons (Fsp3) is 0.281. The average molecular weight is 582 g/mol. The van der Waals surface area contributed by atoms with Crippen molar-refractivity contribution >= 4 is 50.6 Å². The number of benzene rings is 3. The molecule has 2 aliphatic rings. The van der Waals surface area contributed by atoms with Gasteiger partial charge >= 0.3 is 5.97 Å². The van der Waals surface area contributed by atoms with Gasteiger partial charge in [0.1, 0.15) is 17.2 Å². The monoisotopic (exact) mass is 581 g/mol. The Hall–Kier alpha value is -4.18. The minimum atomic E-state index is -0.940. The zero-order valence-corrected chi connectivity index (χ0v) is 23.5. The summed E-state index contributed by atoms with van der Waals surface area (Å²) in [5.74, 6) is 1.00. The molecule has 0 spiro atoms. The molecule has 1 saturated heterocycles. The number of carbonyl (C=O) groups is 1. The zero-order chi connectivity index (χ0) is 28.4. The molecule has 2 aliphatic heterocycles. The number of hydrogen-bond donors (Lipinski definition) is 1. The van der Waals surface area contributed by atoms with Gasteiger partial charge in [-0.15, -0.1) is 0 Å². The molecule has 1 atom stereocenters. The van der Waals surface area contributed by atoms with Crippen LogP contribution in [0.15, 0.2) is 65.3 Å². The van der Waals surface area contributed by atoms with Crippen LogP contribution in [0.2, 0.25) is 5.02 Å². The highest BCUT2D eigenvalue weighted by molar-refractivity contribution is 6.35. The van der Waals surface area contributed by atoms with Crippen LogP contribution < -0.4 is 0 Å². The largest absolute Gasteiger partial charge is 0.478 e. The first-order valence-corrected chi connectivity index (χ1v) is 14.6. The van der Waals surface area contributed by atoms with E-state index in [4.69, 9.17) is 30.7 Å². The number of aromatic carboxylic acids is 1.